The number of phenolic OH excluding ortho intramolecular Hbond substituents is 1. The predicted molar refractivity (Wildman–Crippen MR) is 125 cm³/mol. The summed E-state index contributed by atoms with van der Waals surface area (Å²) in [5.41, 5.74) is 1.73. The van der Waals surface area contributed by atoms with Gasteiger partial charge in [0.1, 0.15) is 12.1 Å². The van der Waals surface area contributed by atoms with Gasteiger partial charge >= 0.3 is 0 Å². The molecule has 4 aromatic rings. The fraction of sp³-hybridized carbons (Fsp3) is 0.273. The molecule has 8 heteroatoms. The van der Waals surface area contributed by atoms with Gasteiger partial charge in [-0.05, 0) is 37.4 Å². The van der Waals surface area contributed by atoms with Crippen LogP contribution in [0.2, 0.25) is 0 Å². The van der Waals surface area contributed by atoms with E-state index in [4.69, 9.17) is 0 Å². The van der Waals surface area contributed by atoms with Crippen molar-refractivity contribution in [1.29, 1.82) is 0 Å². The predicted octanol–water partition coefficient (Wildman–Crippen LogP) is 4.62. The van der Waals surface area contributed by atoms with Gasteiger partial charge in [0, 0.05) is 59.1 Å². The molecule has 0 amide bonds. The maximum absolute atomic E-state index is 9.72. The number of anilines is 2. The average Bonchev–Trinajstić information content (AvgIpc) is 3.37. The van der Waals surface area contributed by atoms with E-state index >= 15 is 0 Å². The highest BCUT2D eigenvalue weighted by molar-refractivity contribution is 7.26. The van der Waals surface area contributed by atoms with Crippen LogP contribution in [-0.2, 0) is 6.54 Å². The SMILES string of the molecule is CN1CCN(Cc2ccc(-c3cc4ncnc(Nc5cccc(O)c5)c4s3)s2)CC1. The Morgan fingerprint density at radius 1 is 1.00 bits per heavy atom. The zero-order chi connectivity index (χ0) is 20.5. The molecule has 1 aliphatic heterocycles. The third kappa shape index (κ3) is 4.17. The number of likely N-dealkylation sites (N-methyl/N-ethyl adjacent to an activating group) is 1. The number of rotatable bonds is 5. The van der Waals surface area contributed by atoms with Crippen LogP contribution in [0.1, 0.15) is 4.88 Å². The molecule has 3 aromatic heterocycles. The lowest BCUT2D eigenvalue weighted by Crippen LogP contribution is -2.43. The summed E-state index contributed by atoms with van der Waals surface area (Å²) < 4.78 is 1.02. The normalized spacial score (nSPS) is 15.6. The van der Waals surface area contributed by atoms with Crippen molar-refractivity contribution in [3.05, 3.63) is 53.7 Å². The Labute approximate surface area is 183 Å². The second-order valence-electron chi connectivity index (χ2n) is 7.57. The van der Waals surface area contributed by atoms with Crippen molar-refractivity contribution in [2.24, 2.45) is 0 Å². The molecule has 1 saturated heterocycles. The molecule has 2 N–H and O–H groups in total. The van der Waals surface area contributed by atoms with Gasteiger partial charge in [-0.2, -0.15) is 0 Å². The summed E-state index contributed by atoms with van der Waals surface area (Å²) in [5.74, 6) is 0.986. The molecule has 1 aromatic carbocycles. The number of phenols is 1. The monoisotopic (exact) mass is 437 g/mol. The highest BCUT2D eigenvalue weighted by Crippen LogP contribution is 2.39. The third-order valence-electron chi connectivity index (χ3n) is 5.30. The standard InChI is InChI=1S/C22H23N5OS2/c1-26-7-9-27(10-8-26)13-17-5-6-19(29-17)20-12-18-21(30-20)22(24-14-23-18)25-15-3-2-4-16(28)11-15/h2-6,11-12,14,28H,7-10,13H2,1H3,(H,23,24,25). The molecule has 0 radical (unpaired) electrons. The highest BCUT2D eigenvalue weighted by Gasteiger charge is 2.16. The minimum Gasteiger partial charge on any atom is -0.508 e. The van der Waals surface area contributed by atoms with Crippen LogP contribution in [-0.4, -0.2) is 58.1 Å². The summed E-state index contributed by atoms with van der Waals surface area (Å²) in [5, 5.41) is 13.0. The average molecular weight is 438 g/mol. The number of hydrogen-bond donors (Lipinski definition) is 2. The molecule has 1 aliphatic rings. The van der Waals surface area contributed by atoms with Crippen LogP contribution in [0.4, 0.5) is 11.5 Å². The van der Waals surface area contributed by atoms with E-state index in [2.05, 4.69) is 50.3 Å². The zero-order valence-corrected chi connectivity index (χ0v) is 18.3. The molecule has 5 rings (SSSR count). The Morgan fingerprint density at radius 3 is 2.70 bits per heavy atom. The second kappa shape index (κ2) is 8.31. The molecular formula is C22H23N5OS2. The number of piperazine rings is 1. The smallest absolute Gasteiger partial charge is 0.151 e. The Hall–Kier alpha value is -2.52. The first-order chi connectivity index (χ1) is 14.6. The van der Waals surface area contributed by atoms with Crippen molar-refractivity contribution in [3.8, 4) is 15.5 Å². The first-order valence-electron chi connectivity index (χ1n) is 9.95. The van der Waals surface area contributed by atoms with Crippen molar-refractivity contribution >= 4 is 44.4 Å². The van der Waals surface area contributed by atoms with Gasteiger partial charge in [0.2, 0.25) is 0 Å². The molecule has 1 fully saturated rings. The largest absolute Gasteiger partial charge is 0.508 e. The van der Waals surface area contributed by atoms with E-state index in [9.17, 15) is 5.11 Å². The van der Waals surface area contributed by atoms with E-state index in [0.29, 0.717) is 0 Å². The third-order valence-corrected chi connectivity index (χ3v) is 7.70. The Bertz CT molecular complexity index is 1160. The number of nitrogens with one attached hydrogen (secondary N) is 1. The van der Waals surface area contributed by atoms with Crippen LogP contribution in [0.15, 0.2) is 48.8 Å². The van der Waals surface area contributed by atoms with Crippen LogP contribution >= 0.6 is 22.7 Å². The minimum atomic E-state index is 0.226. The first-order valence-corrected chi connectivity index (χ1v) is 11.6. The number of thiophene rings is 2. The molecule has 4 heterocycles. The van der Waals surface area contributed by atoms with Crippen LogP contribution in [0.5, 0.6) is 5.75 Å². The van der Waals surface area contributed by atoms with Gasteiger partial charge in [-0.15, -0.1) is 22.7 Å². The van der Waals surface area contributed by atoms with Crippen molar-refractivity contribution in [3.63, 3.8) is 0 Å². The van der Waals surface area contributed by atoms with E-state index in [1.54, 1.807) is 29.8 Å². The minimum absolute atomic E-state index is 0.226. The van der Waals surface area contributed by atoms with Gasteiger partial charge in [0.05, 0.1) is 10.2 Å². The Balaban J connectivity index is 1.37. The molecule has 0 unspecified atom stereocenters. The number of aromatic hydroxyl groups is 1. The van der Waals surface area contributed by atoms with Crippen LogP contribution < -0.4 is 5.32 Å². The van der Waals surface area contributed by atoms with E-state index < -0.39 is 0 Å². The van der Waals surface area contributed by atoms with Gasteiger partial charge in [0.25, 0.3) is 0 Å². The van der Waals surface area contributed by atoms with E-state index in [0.717, 1.165) is 54.4 Å². The quantitative estimate of drug-likeness (QED) is 0.475. The topological polar surface area (TPSA) is 64.5 Å². The van der Waals surface area contributed by atoms with E-state index in [1.807, 2.05) is 23.5 Å². The summed E-state index contributed by atoms with van der Waals surface area (Å²) in [6, 6.07) is 13.7. The van der Waals surface area contributed by atoms with Gasteiger partial charge in [-0.3, -0.25) is 4.90 Å². The van der Waals surface area contributed by atoms with Crippen molar-refractivity contribution < 1.29 is 5.11 Å². The Kier molecular flexibility index (Phi) is 5.39. The number of hydrogen-bond acceptors (Lipinski definition) is 8. The zero-order valence-electron chi connectivity index (χ0n) is 16.7. The van der Waals surface area contributed by atoms with Gasteiger partial charge < -0.3 is 15.3 Å². The molecule has 0 aliphatic carbocycles. The summed E-state index contributed by atoms with van der Waals surface area (Å²) >= 11 is 3.56. The van der Waals surface area contributed by atoms with Gasteiger partial charge in [-0.25, -0.2) is 9.97 Å². The molecule has 30 heavy (non-hydrogen) atoms. The molecule has 0 spiro atoms. The maximum Gasteiger partial charge on any atom is 0.151 e. The number of aromatic nitrogens is 2. The van der Waals surface area contributed by atoms with Crippen molar-refractivity contribution in [2.45, 2.75) is 6.54 Å². The van der Waals surface area contributed by atoms with E-state index in [-0.39, 0.29) is 5.75 Å². The fourth-order valence-electron chi connectivity index (χ4n) is 3.61. The molecule has 0 saturated carbocycles. The summed E-state index contributed by atoms with van der Waals surface area (Å²) in [4.78, 5) is 17.7. The summed E-state index contributed by atoms with van der Waals surface area (Å²) in [6.07, 6.45) is 1.58. The fourth-order valence-corrected chi connectivity index (χ4v) is 5.79. The lowest BCUT2D eigenvalue weighted by molar-refractivity contribution is 0.149. The van der Waals surface area contributed by atoms with Gasteiger partial charge in [0.15, 0.2) is 5.82 Å². The number of fused-ring (bicyclic) bond motifs is 1. The second-order valence-corrected chi connectivity index (χ2v) is 9.79. The Morgan fingerprint density at radius 2 is 1.87 bits per heavy atom. The lowest BCUT2D eigenvalue weighted by Gasteiger charge is -2.31. The van der Waals surface area contributed by atoms with Crippen LogP contribution in [0.3, 0.4) is 0 Å². The molecule has 0 bridgehead atoms. The first kappa shape index (κ1) is 19.4. The molecule has 0 atom stereocenters. The highest BCUT2D eigenvalue weighted by atomic mass is 32.1. The van der Waals surface area contributed by atoms with Crippen molar-refractivity contribution in [1.82, 2.24) is 19.8 Å². The van der Waals surface area contributed by atoms with Gasteiger partial charge in [-0.1, -0.05) is 6.07 Å². The lowest BCUT2D eigenvalue weighted by atomic mass is 10.3. The molecular weight excluding hydrogens is 414 g/mol. The molecule has 154 valence electrons. The van der Waals surface area contributed by atoms with E-state index in [1.165, 1.54) is 14.6 Å². The molecule has 6 nitrogen and oxygen atoms in total. The number of benzene rings is 1. The summed E-state index contributed by atoms with van der Waals surface area (Å²) in [6.45, 7) is 5.57. The van der Waals surface area contributed by atoms with Crippen LogP contribution in [0.25, 0.3) is 20.0 Å². The number of nitrogens with zero attached hydrogens (tertiary/aromatic N) is 4. The maximum atomic E-state index is 9.72. The van der Waals surface area contributed by atoms with Crippen molar-refractivity contribution in [2.75, 3.05) is 38.5 Å². The summed E-state index contributed by atoms with van der Waals surface area (Å²) in [7, 11) is 2.19. The van der Waals surface area contributed by atoms with Crippen LogP contribution in [0, 0.1) is 0 Å².